The molecule has 0 spiro atoms. The minimum absolute atomic E-state index is 0.0163. The number of ether oxygens (including phenoxy) is 1. The van der Waals surface area contributed by atoms with Crippen LogP contribution in [0.3, 0.4) is 0 Å². The van der Waals surface area contributed by atoms with E-state index in [4.69, 9.17) is 16.3 Å². The van der Waals surface area contributed by atoms with Crippen molar-refractivity contribution >= 4 is 27.3 Å². The van der Waals surface area contributed by atoms with E-state index in [-0.39, 0.29) is 34.7 Å². The highest BCUT2D eigenvalue weighted by molar-refractivity contribution is 7.89. The van der Waals surface area contributed by atoms with Crippen molar-refractivity contribution in [1.82, 2.24) is 13.9 Å². The van der Waals surface area contributed by atoms with Gasteiger partial charge < -0.3 is 14.6 Å². The van der Waals surface area contributed by atoms with Gasteiger partial charge in [-0.15, -0.1) is 0 Å². The van der Waals surface area contributed by atoms with Crippen molar-refractivity contribution in [3.05, 3.63) is 41.6 Å². The summed E-state index contributed by atoms with van der Waals surface area (Å²) in [4.78, 5) is 4.01. The Labute approximate surface area is 168 Å². The van der Waals surface area contributed by atoms with Gasteiger partial charge in [0.1, 0.15) is 5.82 Å². The van der Waals surface area contributed by atoms with Gasteiger partial charge in [0, 0.05) is 50.6 Å². The summed E-state index contributed by atoms with van der Waals surface area (Å²) in [5, 5.41) is 3.39. The van der Waals surface area contributed by atoms with Gasteiger partial charge >= 0.3 is 0 Å². The molecule has 2 unspecified atom stereocenters. The first-order valence-electron chi connectivity index (χ1n) is 9.16. The second-order valence-corrected chi connectivity index (χ2v) is 9.59. The van der Waals surface area contributed by atoms with E-state index >= 15 is 0 Å². The van der Waals surface area contributed by atoms with Crippen LogP contribution in [0.4, 0.5) is 10.1 Å². The smallest absolute Gasteiger partial charge is 0.262 e. The molecule has 3 heterocycles. The number of imidazole rings is 1. The van der Waals surface area contributed by atoms with E-state index in [0.717, 1.165) is 12.8 Å². The van der Waals surface area contributed by atoms with E-state index in [1.54, 1.807) is 17.7 Å². The molecule has 0 radical (unpaired) electrons. The number of aromatic nitrogens is 2. The van der Waals surface area contributed by atoms with E-state index in [1.165, 1.54) is 29.0 Å². The normalized spacial score (nSPS) is 26.0. The van der Waals surface area contributed by atoms with Crippen LogP contribution in [-0.2, 0) is 21.8 Å². The van der Waals surface area contributed by atoms with Crippen molar-refractivity contribution in [2.75, 3.05) is 25.0 Å². The minimum Gasteiger partial charge on any atom is -0.381 e. The fourth-order valence-electron chi connectivity index (χ4n) is 3.91. The Bertz CT molecular complexity index is 961. The molecular formula is C18H22ClFN4O3S. The topological polar surface area (TPSA) is 76.5 Å². The lowest BCUT2D eigenvalue weighted by atomic mass is 9.94. The molecule has 2 aliphatic heterocycles. The molecule has 1 aromatic heterocycles. The standard InChI is InChI=1S/C18H22ClFN4O3S/c1-23-10-18(21-11-23)28(25,26)24-8-13(17-3-2-6-27-17)16(9-24)22-12-4-5-15(20)14(19)7-12/h4-5,7,10-11,13,16-17,22H,2-3,6,8-9H2,1H3/t13?,16?,17-/m0/s1. The summed E-state index contributed by atoms with van der Waals surface area (Å²) < 4.78 is 48.4. The van der Waals surface area contributed by atoms with E-state index in [2.05, 4.69) is 10.3 Å². The second kappa shape index (κ2) is 7.62. The summed E-state index contributed by atoms with van der Waals surface area (Å²) >= 11 is 5.89. The molecule has 4 rings (SSSR count). The maximum Gasteiger partial charge on any atom is 0.262 e. The van der Waals surface area contributed by atoms with E-state index in [0.29, 0.717) is 18.8 Å². The van der Waals surface area contributed by atoms with Crippen LogP contribution in [0.15, 0.2) is 35.7 Å². The largest absolute Gasteiger partial charge is 0.381 e. The number of rotatable bonds is 5. The van der Waals surface area contributed by atoms with Crippen LogP contribution in [0.2, 0.25) is 5.02 Å². The highest BCUT2D eigenvalue weighted by Crippen LogP contribution is 2.33. The molecule has 0 saturated carbocycles. The summed E-state index contributed by atoms with van der Waals surface area (Å²) in [6, 6.07) is 4.23. The fraction of sp³-hybridized carbons (Fsp3) is 0.500. The van der Waals surface area contributed by atoms with Gasteiger partial charge in [0.25, 0.3) is 10.0 Å². The van der Waals surface area contributed by atoms with Crippen molar-refractivity contribution in [2.24, 2.45) is 13.0 Å². The SMILES string of the molecule is Cn1cnc(S(=O)(=O)N2CC(Nc3ccc(F)c(Cl)c3)C([C@@H]3CCCO3)C2)c1. The van der Waals surface area contributed by atoms with Gasteiger partial charge in [0.15, 0.2) is 5.03 Å². The molecule has 28 heavy (non-hydrogen) atoms. The molecule has 2 aromatic rings. The number of nitrogens with zero attached hydrogens (tertiary/aromatic N) is 3. The quantitative estimate of drug-likeness (QED) is 0.791. The first kappa shape index (κ1) is 19.6. The zero-order valence-corrected chi connectivity index (χ0v) is 17.0. The predicted molar refractivity (Wildman–Crippen MR) is 103 cm³/mol. The van der Waals surface area contributed by atoms with Crippen LogP contribution in [0, 0.1) is 11.7 Å². The monoisotopic (exact) mass is 428 g/mol. The molecule has 0 bridgehead atoms. The lowest BCUT2D eigenvalue weighted by Gasteiger charge is -2.25. The van der Waals surface area contributed by atoms with Crippen LogP contribution < -0.4 is 5.32 Å². The van der Waals surface area contributed by atoms with E-state index < -0.39 is 15.8 Å². The average Bonchev–Trinajstić information content (AvgIpc) is 3.38. The Morgan fingerprint density at radius 2 is 2.18 bits per heavy atom. The third-order valence-electron chi connectivity index (χ3n) is 5.33. The molecule has 7 nitrogen and oxygen atoms in total. The van der Waals surface area contributed by atoms with Crippen molar-refractivity contribution in [3.63, 3.8) is 0 Å². The maximum atomic E-state index is 13.5. The van der Waals surface area contributed by atoms with Crippen molar-refractivity contribution in [1.29, 1.82) is 0 Å². The molecule has 0 aliphatic carbocycles. The van der Waals surface area contributed by atoms with Gasteiger partial charge in [-0.2, -0.15) is 4.31 Å². The van der Waals surface area contributed by atoms with Gasteiger partial charge in [-0.05, 0) is 31.0 Å². The first-order chi connectivity index (χ1) is 13.3. The summed E-state index contributed by atoms with van der Waals surface area (Å²) in [6.07, 6.45) is 4.80. The molecule has 10 heteroatoms. The fourth-order valence-corrected chi connectivity index (χ4v) is 5.56. The Morgan fingerprint density at radius 3 is 2.82 bits per heavy atom. The lowest BCUT2D eigenvalue weighted by Crippen LogP contribution is -2.35. The third-order valence-corrected chi connectivity index (χ3v) is 7.34. The molecule has 2 fully saturated rings. The highest BCUT2D eigenvalue weighted by atomic mass is 35.5. The Kier molecular flexibility index (Phi) is 5.34. The minimum atomic E-state index is -3.70. The number of nitrogens with one attached hydrogen (secondary N) is 1. The van der Waals surface area contributed by atoms with E-state index in [1.807, 2.05) is 0 Å². The third kappa shape index (κ3) is 3.76. The van der Waals surface area contributed by atoms with Crippen LogP contribution >= 0.6 is 11.6 Å². The Morgan fingerprint density at radius 1 is 1.36 bits per heavy atom. The molecule has 2 aliphatic rings. The second-order valence-electron chi connectivity index (χ2n) is 7.29. The number of anilines is 1. The Hall–Kier alpha value is -1.68. The van der Waals surface area contributed by atoms with Gasteiger partial charge in [0.2, 0.25) is 0 Å². The average molecular weight is 429 g/mol. The molecule has 3 atom stereocenters. The zero-order chi connectivity index (χ0) is 19.9. The summed E-state index contributed by atoms with van der Waals surface area (Å²) in [6.45, 7) is 1.30. The summed E-state index contributed by atoms with van der Waals surface area (Å²) in [5.74, 6) is -0.515. The number of aryl methyl sites for hydroxylation is 1. The highest BCUT2D eigenvalue weighted by Gasteiger charge is 2.44. The number of hydrogen-bond donors (Lipinski definition) is 1. The molecule has 152 valence electrons. The van der Waals surface area contributed by atoms with Crippen LogP contribution in [0.5, 0.6) is 0 Å². The van der Waals surface area contributed by atoms with Crippen LogP contribution in [0.25, 0.3) is 0 Å². The number of hydrogen-bond acceptors (Lipinski definition) is 5. The molecule has 2 saturated heterocycles. The van der Waals surface area contributed by atoms with Crippen LogP contribution in [-0.4, -0.2) is 54.1 Å². The molecule has 0 amide bonds. The number of sulfonamides is 1. The molecule has 1 aromatic carbocycles. The van der Waals surface area contributed by atoms with Gasteiger partial charge in [-0.25, -0.2) is 17.8 Å². The van der Waals surface area contributed by atoms with Gasteiger partial charge in [-0.1, -0.05) is 11.6 Å². The van der Waals surface area contributed by atoms with Gasteiger partial charge in [0.05, 0.1) is 17.5 Å². The van der Waals surface area contributed by atoms with Crippen molar-refractivity contribution in [2.45, 2.75) is 30.0 Å². The number of benzene rings is 1. The number of halogens is 2. The lowest BCUT2D eigenvalue weighted by molar-refractivity contribution is 0.0651. The van der Waals surface area contributed by atoms with Crippen molar-refractivity contribution < 1.29 is 17.5 Å². The predicted octanol–water partition coefficient (Wildman–Crippen LogP) is 2.49. The first-order valence-corrected chi connectivity index (χ1v) is 11.0. The van der Waals surface area contributed by atoms with Crippen LogP contribution in [0.1, 0.15) is 12.8 Å². The van der Waals surface area contributed by atoms with Gasteiger partial charge in [-0.3, -0.25) is 0 Å². The van der Waals surface area contributed by atoms with E-state index in [9.17, 15) is 12.8 Å². The summed E-state index contributed by atoms with van der Waals surface area (Å²) in [5.41, 5.74) is 0.650. The molecular weight excluding hydrogens is 407 g/mol. The zero-order valence-electron chi connectivity index (χ0n) is 15.4. The molecule has 1 N–H and O–H groups in total. The summed E-state index contributed by atoms with van der Waals surface area (Å²) in [7, 11) is -1.97. The maximum absolute atomic E-state index is 13.5. The van der Waals surface area contributed by atoms with Crippen molar-refractivity contribution in [3.8, 4) is 0 Å². The Balaban J connectivity index is 1.59.